The quantitative estimate of drug-likeness (QED) is 0.300. The molecule has 4 saturated carbocycles. The lowest BCUT2D eigenvalue weighted by Gasteiger charge is -2.61. The molecule has 3 heterocycles. The van der Waals surface area contributed by atoms with Gasteiger partial charge in [-0.1, -0.05) is 27.7 Å². The van der Waals surface area contributed by atoms with E-state index in [1.807, 2.05) is 0 Å². The maximum Gasteiger partial charge on any atom is 0.229 e. The summed E-state index contributed by atoms with van der Waals surface area (Å²) in [5.41, 5.74) is 0.718. The van der Waals surface area contributed by atoms with E-state index in [9.17, 15) is 9.59 Å². The molecule has 0 bridgehead atoms. The smallest absolute Gasteiger partial charge is 0.229 e. The van der Waals surface area contributed by atoms with Crippen molar-refractivity contribution in [3.05, 3.63) is 0 Å². The first-order chi connectivity index (χ1) is 21.6. The van der Waals surface area contributed by atoms with Gasteiger partial charge in [-0.3, -0.25) is 14.5 Å². The van der Waals surface area contributed by atoms with E-state index in [-0.39, 0.29) is 30.1 Å². The maximum absolute atomic E-state index is 12.9. The fourth-order valence-electron chi connectivity index (χ4n) is 12.2. The highest BCUT2D eigenvalue weighted by atomic mass is 16.7. The first kappa shape index (κ1) is 32.3. The lowest BCUT2D eigenvalue weighted by Crippen LogP contribution is -2.56. The van der Waals surface area contributed by atoms with Crippen molar-refractivity contribution in [2.45, 2.75) is 123 Å². The van der Waals surface area contributed by atoms with E-state index in [2.05, 4.69) is 43.2 Å². The Kier molecular flexibility index (Phi) is 9.10. The van der Waals surface area contributed by atoms with E-state index in [0.29, 0.717) is 47.2 Å². The van der Waals surface area contributed by atoms with Gasteiger partial charge < -0.3 is 24.8 Å². The Bertz CT molecular complexity index is 1090. The van der Waals surface area contributed by atoms with E-state index >= 15 is 0 Å². The second-order valence-corrected chi connectivity index (χ2v) is 17.0. The molecule has 0 aromatic rings. The van der Waals surface area contributed by atoms with Gasteiger partial charge in [0.1, 0.15) is 6.42 Å². The number of hydrogen-bond acceptors (Lipinski definition) is 6. The molecule has 8 heteroatoms. The Balaban J connectivity index is 0.898. The fraction of sp³-hybridized carbons (Fsp3) is 0.946. The van der Waals surface area contributed by atoms with Crippen molar-refractivity contribution < 1.29 is 23.8 Å². The zero-order valence-electron chi connectivity index (χ0n) is 28.6. The molecule has 254 valence electrons. The molecule has 0 aromatic carbocycles. The molecular weight excluding hydrogens is 566 g/mol. The zero-order valence-corrected chi connectivity index (χ0v) is 28.6. The molecule has 45 heavy (non-hydrogen) atoms. The van der Waals surface area contributed by atoms with Crippen LogP contribution in [0, 0.1) is 52.3 Å². The van der Waals surface area contributed by atoms with Gasteiger partial charge in [-0.25, -0.2) is 0 Å². The van der Waals surface area contributed by atoms with E-state index in [4.69, 9.17) is 14.2 Å². The number of amides is 2. The Hall–Kier alpha value is -1.22. The van der Waals surface area contributed by atoms with Crippen LogP contribution in [0.4, 0.5) is 0 Å². The van der Waals surface area contributed by atoms with Crippen molar-refractivity contribution >= 4 is 11.8 Å². The zero-order chi connectivity index (χ0) is 31.4. The van der Waals surface area contributed by atoms with Crippen LogP contribution in [-0.4, -0.2) is 80.6 Å². The summed E-state index contributed by atoms with van der Waals surface area (Å²) in [6.45, 7) is 15.9. The highest BCUT2D eigenvalue weighted by molar-refractivity contribution is 5.96. The molecule has 0 radical (unpaired) electrons. The SMILES string of the molecule is C[C@H]1CC[C@@]2(OC1)O[C@H]1C[C@H]3[C@@H]4CC[C@@H]5C[C@@H](NC(=O)CC(=O)NCCCN6CCOCC6)CC[C@]5(C)[C@H]4CC[C@]3(C)[C@H]1[C@@H]2C. The number of hydrogen-bond donors (Lipinski definition) is 2. The predicted molar refractivity (Wildman–Crippen MR) is 173 cm³/mol. The summed E-state index contributed by atoms with van der Waals surface area (Å²) in [4.78, 5) is 27.7. The summed E-state index contributed by atoms with van der Waals surface area (Å²) in [5.74, 6) is 4.14. The predicted octanol–water partition coefficient (Wildman–Crippen LogP) is 5.15. The normalized spacial score (nSPS) is 47.8. The van der Waals surface area contributed by atoms with E-state index in [1.54, 1.807) is 0 Å². The van der Waals surface area contributed by atoms with Crippen LogP contribution in [0.25, 0.3) is 0 Å². The second-order valence-electron chi connectivity index (χ2n) is 17.0. The molecule has 3 aliphatic heterocycles. The van der Waals surface area contributed by atoms with Crippen LogP contribution in [0.15, 0.2) is 0 Å². The van der Waals surface area contributed by atoms with Crippen molar-refractivity contribution in [2.24, 2.45) is 52.3 Å². The number of nitrogens with zero attached hydrogens (tertiary/aromatic N) is 1. The van der Waals surface area contributed by atoms with Crippen LogP contribution in [0.5, 0.6) is 0 Å². The lowest BCUT2D eigenvalue weighted by molar-refractivity contribution is -0.273. The van der Waals surface area contributed by atoms with Gasteiger partial charge in [-0.2, -0.15) is 0 Å². The van der Waals surface area contributed by atoms with Crippen molar-refractivity contribution in [2.75, 3.05) is 46.0 Å². The molecule has 1 spiro atoms. The summed E-state index contributed by atoms with van der Waals surface area (Å²) in [5, 5.41) is 6.23. The molecule has 12 atom stereocenters. The topological polar surface area (TPSA) is 89.1 Å². The first-order valence-corrected chi connectivity index (χ1v) is 18.8. The summed E-state index contributed by atoms with van der Waals surface area (Å²) < 4.78 is 18.9. The molecule has 8 nitrogen and oxygen atoms in total. The minimum absolute atomic E-state index is 0.0604. The van der Waals surface area contributed by atoms with E-state index < -0.39 is 0 Å². The molecule has 2 amide bonds. The molecule has 0 aromatic heterocycles. The number of nitrogens with one attached hydrogen (secondary N) is 2. The fourth-order valence-corrected chi connectivity index (χ4v) is 12.2. The third-order valence-corrected chi connectivity index (χ3v) is 14.7. The minimum Gasteiger partial charge on any atom is -0.379 e. The average molecular weight is 628 g/mol. The molecule has 4 aliphatic carbocycles. The van der Waals surface area contributed by atoms with Gasteiger partial charge in [0.15, 0.2) is 5.79 Å². The summed E-state index contributed by atoms with van der Waals surface area (Å²) >= 11 is 0. The average Bonchev–Trinajstić information content (AvgIpc) is 3.47. The number of carbonyl (C=O) groups is 2. The third-order valence-electron chi connectivity index (χ3n) is 14.7. The van der Waals surface area contributed by atoms with Crippen LogP contribution >= 0.6 is 0 Å². The lowest BCUT2D eigenvalue weighted by atomic mass is 9.44. The highest BCUT2D eigenvalue weighted by Gasteiger charge is 2.69. The van der Waals surface area contributed by atoms with Gasteiger partial charge in [0.05, 0.1) is 25.9 Å². The van der Waals surface area contributed by atoms with Crippen LogP contribution < -0.4 is 10.6 Å². The van der Waals surface area contributed by atoms with Gasteiger partial charge in [-0.05, 0) is 117 Å². The van der Waals surface area contributed by atoms with Gasteiger partial charge in [0, 0.05) is 38.0 Å². The Morgan fingerprint density at radius 1 is 0.889 bits per heavy atom. The molecule has 7 fully saturated rings. The Morgan fingerprint density at radius 2 is 1.69 bits per heavy atom. The Labute approximate surface area is 271 Å². The van der Waals surface area contributed by atoms with E-state index in [1.165, 1.54) is 44.9 Å². The molecule has 7 rings (SSSR count). The number of ether oxygens (including phenoxy) is 3. The molecule has 3 saturated heterocycles. The summed E-state index contributed by atoms with van der Waals surface area (Å²) in [6.07, 6.45) is 13.3. The van der Waals surface area contributed by atoms with Gasteiger partial charge in [0.25, 0.3) is 0 Å². The summed E-state index contributed by atoms with van der Waals surface area (Å²) in [6, 6.07) is 0.199. The number of morpholine rings is 1. The summed E-state index contributed by atoms with van der Waals surface area (Å²) in [7, 11) is 0. The second kappa shape index (κ2) is 12.7. The van der Waals surface area contributed by atoms with Crippen LogP contribution in [-0.2, 0) is 23.8 Å². The van der Waals surface area contributed by atoms with Crippen molar-refractivity contribution in [3.63, 3.8) is 0 Å². The third kappa shape index (κ3) is 5.90. The van der Waals surface area contributed by atoms with Crippen molar-refractivity contribution in [3.8, 4) is 0 Å². The minimum atomic E-state index is -0.331. The van der Waals surface area contributed by atoms with Crippen LogP contribution in [0.1, 0.15) is 105 Å². The first-order valence-electron chi connectivity index (χ1n) is 18.8. The molecule has 0 unspecified atom stereocenters. The standard InChI is InChI=1S/C37H61N3O5/c1-24-8-13-37(44-23-24)25(2)34-31(45-37)21-30-28-7-6-26-20-27(9-11-35(26,3)29(28)10-12-36(30,34)4)39-33(42)22-32(41)38-14-5-15-40-16-18-43-19-17-40/h24-31,34H,5-23H2,1-4H3,(H,38,41)(H,39,42)/t24-,25-,26+,27-,28+,29-,30-,31-,34-,35-,36-,37+/m0/s1. The maximum atomic E-state index is 12.9. The monoisotopic (exact) mass is 627 g/mol. The molecule has 2 N–H and O–H groups in total. The number of fused-ring (bicyclic) bond motifs is 7. The van der Waals surface area contributed by atoms with E-state index in [0.717, 1.165) is 82.9 Å². The van der Waals surface area contributed by atoms with Crippen molar-refractivity contribution in [1.29, 1.82) is 0 Å². The highest BCUT2D eigenvalue weighted by Crippen LogP contribution is 2.71. The number of rotatable bonds is 7. The molecular formula is C37H61N3O5. The van der Waals surface area contributed by atoms with Gasteiger partial charge in [-0.15, -0.1) is 0 Å². The van der Waals surface area contributed by atoms with Crippen LogP contribution in [0.2, 0.25) is 0 Å². The number of carbonyl (C=O) groups excluding carboxylic acids is 2. The largest absolute Gasteiger partial charge is 0.379 e. The van der Waals surface area contributed by atoms with Crippen molar-refractivity contribution in [1.82, 2.24) is 15.5 Å². The Morgan fingerprint density at radius 3 is 2.47 bits per heavy atom. The van der Waals surface area contributed by atoms with Crippen LogP contribution in [0.3, 0.4) is 0 Å². The van der Waals surface area contributed by atoms with Gasteiger partial charge >= 0.3 is 0 Å². The molecule has 7 aliphatic rings. The van der Waals surface area contributed by atoms with Gasteiger partial charge in [0.2, 0.25) is 11.8 Å².